The highest BCUT2D eigenvalue weighted by atomic mass is 16.5. The van der Waals surface area contributed by atoms with Gasteiger partial charge in [-0.05, 0) is 12.8 Å². The van der Waals surface area contributed by atoms with Crippen molar-refractivity contribution in [3.63, 3.8) is 0 Å². The smallest absolute Gasteiger partial charge is 0.0588 e. The molecule has 54 valence electrons. The van der Waals surface area contributed by atoms with E-state index in [1.54, 1.807) is 0 Å². The van der Waals surface area contributed by atoms with E-state index < -0.39 is 0 Å². The van der Waals surface area contributed by atoms with Gasteiger partial charge in [0.15, 0.2) is 0 Å². The average molecular weight is 130 g/mol. The molecule has 0 aliphatic carbocycles. The van der Waals surface area contributed by atoms with Crippen molar-refractivity contribution in [1.29, 1.82) is 0 Å². The van der Waals surface area contributed by atoms with Gasteiger partial charge in [-0.1, -0.05) is 6.92 Å². The highest BCUT2D eigenvalue weighted by Crippen LogP contribution is 2.17. The lowest BCUT2D eigenvalue weighted by Crippen LogP contribution is -2.18. The molecule has 1 heterocycles. The number of rotatable bonds is 2. The van der Waals surface area contributed by atoms with Crippen LogP contribution in [0.4, 0.5) is 0 Å². The van der Waals surface area contributed by atoms with Crippen molar-refractivity contribution >= 4 is 0 Å². The first-order valence-electron chi connectivity index (χ1n) is 3.60. The van der Waals surface area contributed by atoms with Crippen molar-refractivity contribution in [1.82, 2.24) is 0 Å². The van der Waals surface area contributed by atoms with E-state index in [0.29, 0.717) is 5.92 Å². The van der Waals surface area contributed by atoms with Gasteiger partial charge in [-0.25, -0.2) is 0 Å². The van der Waals surface area contributed by atoms with Crippen LogP contribution in [0.2, 0.25) is 0 Å². The summed E-state index contributed by atoms with van der Waals surface area (Å²) in [4.78, 5) is 0. The van der Waals surface area contributed by atoms with Crippen molar-refractivity contribution in [3.8, 4) is 0 Å². The van der Waals surface area contributed by atoms with Crippen LogP contribution >= 0.6 is 0 Å². The molecule has 0 aromatic rings. The number of aliphatic hydroxyl groups is 1. The molecule has 0 aromatic carbocycles. The topological polar surface area (TPSA) is 29.5 Å². The zero-order chi connectivity index (χ0) is 6.69. The molecule has 1 fully saturated rings. The maximum absolute atomic E-state index is 9.28. The van der Waals surface area contributed by atoms with Crippen LogP contribution in [0.5, 0.6) is 0 Å². The van der Waals surface area contributed by atoms with Crippen LogP contribution in [0.1, 0.15) is 19.8 Å². The summed E-state index contributed by atoms with van der Waals surface area (Å²) in [5, 5.41) is 9.28. The Morgan fingerprint density at radius 2 is 2.56 bits per heavy atom. The summed E-state index contributed by atoms with van der Waals surface area (Å²) in [6.07, 6.45) is 1.76. The van der Waals surface area contributed by atoms with Crippen LogP contribution in [0.25, 0.3) is 0 Å². The molecule has 0 aromatic heterocycles. The van der Waals surface area contributed by atoms with Gasteiger partial charge in [-0.2, -0.15) is 0 Å². The minimum absolute atomic E-state index is 0.132. The Morgan fingerprint density at radius 3 is 3.00 bits per heavy atom. The van der Waals surface area contributed by atoms with Gasteiger partial charge in [-0.3, -0.25) is 0 Å². The van der Waals surface area contributed by atoms with Gasteiger partial charge in [0, 0.05) is 12.5 Å². The summed E-state index contributed by atoms with van der Waals surface area (Å²) in [7, 11) is 0. The Balaban J connectivity index is 2.24. The van der Waals surface area contributed by atoms with E-state index in [2.05, 4.69) is 0 Å². The van der Waals surface area contributed by atoms with E-state index in [4.69, 9.17) is 4.74 Å². The largest absolute Gasteiger partial charge is 0.393 e. The predicted molar refractivity (Wildman–Crippen MR) is 35.2 cm³/mol. The van der Waals surface area contributed by atoms with Crippen LogP contribution < -0.4 is 0 Å². The molecule has 1 N–H and O–H groups in total. The second kappa shape index (κ2) is 3.18. The number of hydrogen-bond acceptors (Lipinski definition) is 2. The second-order valence-corrected chi connectivity index (χ2v) is 2.60. The Hall–Kier alpha value is -0.0800. The van der Waals surface area contributed by atoms with Gasteiger partial charge in [0.1, 0.15) is 0 Å². The van der Waals surface area contributed by atoms with Gasteiger partial charge in [0.25, 0.3) is 0 Å². The fourth-order valence-corrected chi connectivity index (χ4v) is 1.19. The third-order valence-electron chi connectivity index (χ3n) is 1.93. The molecule has 2 heteroatoms. The summed E-state index contributed by atoms with van der Waals surface area (Å²) in [5.41, 5.74) is 0. The SMILES string of the molecule is CC[C@H](O)C1CCOC1. The van der Waals surface area contributed by atoms with Gasteiger partial charge < -0.3 is 9.84 Å². The summed E-state index contributed by atoms with van der Waals surface area (Å²) in [6, 6.07) is 0. The van der Waals surface area contributed by atoms with Gasteiger partial charge in [0.05, 0.1) is 12.7 Å². The van der Waals surface area contributed by atoms with Gasteiger partial charge >= 0.3 is 0 Å². The Kier molecular flexibility index (Phi) is 2.49. The molecule has 2 nitrogen and oxygen atoms in total. The molecule has 2 atom stereocenters. The van der Waals surface area contributed by atoms with Crippen LogP contribution in [0.3, 0.4) is 0 Å². The molecule has 1 aliphatic rings. The number of ether oxygens (including phenoxy) is 1. The average Bonchev–Trinajstić information content (AvgIpc) is 2.37. The lowest BCUT2D eigenvalue weighted by Gasteiger charge is -2.12. The third-order valence-corrected chi connectivity index (χ3v) is 1.93. The first-order valence-corrected chi connectivity index (χ1v) is 3.60. The van der Waals surface area contributed by atoms with Crippen LogP contribution in [-0.2, 0) is 4.74 Å². The molecule has 1 unspecified atom stereocenters. The highest BCUT2D eigenvalue weighted by Gasteiger charge is 2.21. The van der Waals surface area contributed by atoms with Crippen LogP contribution in [-0.4, -0.2) is 24.4 Å². The molecule has 0 amide bonds. The monoisotopic (exact) mass is 130 g/mol. The third kappa shape index (κ3) is 1.66. The van der Waals surface area contributed by atoms with Crippen molar-refractivity contribution < 1.29 is 9.84 Å². The first-order chi connectivity index (χ1) is 4.34. The number of hydrogen-bond donors (Lipinski definition) is 1. The molecule has 9 heavy (non-hydrogen) atoms. The fraction of sp³-hybridized carbons (Fsp3) is 1.00. The molecule has 1 aliphatic heterocycles. The zero-order valence-corrected chi connectivity index (χ0v) is 5.84. The Morgan fingerprint density at radius 1 is 1.78 bits per heavy atom. The molecule has 1 rings (SSSR count). The number of aliphatic hydroxyl groups excluding tert-OH is 1. The summed E-state index contributed by atoms with van der Waals surface area (Å²) in [5.74, 6) is 0.412. The van der Waals surface area contributed by atoms with Gasteiger partial charge in [0.2, 0.25) is 0 Å². The van der Waals surface area contributed by atoms with E-state index >= 15 is 0 Å². The summed E-state index contributed by atoms with van der Waals surface area (Å²) >= 11 is 0. The van der Waals surface area contributed by atoms with Gasteiger partial charge in [-0.15, -0.1) is 0 Å². The van der Waals surface area contributed by atoms with E-state index in [1.807, 2.05) is 6.92 Å². The maximum Gasteiger partial charge on any atom is 0.0588 e. The van der Waals surface area contributed by atoms with Crippen molar-refractivity contribution in [2.24, 2.45) is 5.92 Å². The first kappa shape index (κ1) is 7.03. The molecular weight excluding hydrogens is 116 g/mol. The normalized spacial score (nSPS) is 30.7. The molecule has 0 bridgehead atoms. The lowest BCUT2D eigenvalue weighted by atomic mass is 10.0. The standard InChI is InChI=1S/C7H14O2/c1-2-7(8)6-3-4-9-5-6/h6-8H,2-5H2,1H3/t6?,7-/m0/s1. The molecule has 1 saturated heterocycles. The summed E-state index contributed by atoms with van der Waals surface area (Å²) in [6.45, 7) is 3.60. The van der Waals surface area contributed by atoms with E-state index in [-0.39, 0.29) is 6.10 Å². The molecule has 0 radical (unpaired) electrons. The van der Waals surface area contributed by atoms with Crippen molar-refractivity contribution in [2.45, 2.75) is 25.9 Å². The van der Waals surface area contributed by atoms with Crippen molar-refractivity contribution in [2.75, 3.05) is 13.2 Å². The van der Waals surface area contributed by atoms with E-state index in [0.717, 1.165) is 26.1 Å². The second-order valence-electron chi connectivity index (χ2n) is 2.60. The molecule has 0 saturated carbocycles. The Labute approximate surface area is 55.8 Å². The van der Waals surface area contributed by atoms with Crippen molar-refractivity contribution in [3.05, 3.63) is 0 Å². The Bertz CT molecular complexity index is 77.0. The highest BCUT2D eigenvalue weighted by molar-refractivity contribution is 4.70. The van der Waals surface area contributed by atoms with Crippen LogP contribution in [0, 0.1) is 5.92 Å². The van der Waals surface area contributed by atoms with Crippen LogP contribution in [0.15, 0.2) is 0 Å². The maximum atomic E-state index is 9.28. The minimum atomic E-state index is -0.132. The molecule has 0 spiro atoms. The zero-order valence-electron chi connectivity index (χ0n) is 5.84. The van der Waals surface area contributed by atoms with E-state index in [9.17, 15) is 5.11 Å². The van der Waals surface area contributed by atoms with E-state index in [1.165, 1.54) is 0 Å². The summed E-state index contributed by atoms with van der Waals surface area (Å²) < 4.78 is 5.12. The minimum Gasteiger partial charge on any atom is -0.393 e. The quantitative estimate of drug-likeness (QED) is 0.599. The predicted octanol–water partition coefficient (Wildman–Crippen LogP) is 0.794. The fourth-order valence-electron chi connectivity index (χ4n) is 1.19. The molecular formula is C7H14O2. The lowest BCUT2D eigenvalue weighted by molar-refractivity contribution is 0.0887.